The second kappa shape index (κ2) is 4.92. The number of carbonyl (C=O) groups excluding carboxylic acids is 3. The highest BCUT2D eigenvalue weighted by atomic mass is 16.2. The minimum absolute atomic E-state index is 0.214. The summed E-state index contributed by atoms with van der Waals surface area (Å²) >= 11 is 0. The van der Waals surface area contributed by atoms with Gasteiger partial charge in [-0.15, -0.1) is 0 Å². The van der Waals surface area contributed by atoms with Crippen LogP contribution in [0.4, 0.5) is 0 Å². The zero-order valence-electron chi connectivity index (χ0n) is 12.5. The monoisotopic (exact) mass is 309 g/mol. The number of hydrogen-bond donors (Lipinski definition) is 1. The number of nitriles is 1. The van der Waals surface area contributed by atoms with Crippen molar-refractivity contribution in [3.63, 3.8) is 0 Å². The molecule has 0 aromatic heterocycles. The maximum Gasteiger partial charge on any atom is 0.255 e. The Kier molecular flexibility index (Phi) is 2.98. The van der Waals surface area contributed by atoms with E-state index in [9.17, 15) is 19.6 Å². The second-order valence-corrected chi connectivity index (χ2v) is 6.38. The number of nitrogens with zero attached hydrogens (tertiary/aromatic N) is 2. The van der Waals surface area contributed by atoms with Crippen LogP contribution >= 0.6 is 0 Å². The Bertz CT molecular complexity index is 789. The SMILES string of the molecule is N#Cc1cc2c(c(C3CC3)c1)CN(C1CCC(=O)NC1=O)C2=O. The molecule has 1 aliphatic carbocycles. The van der Waals surface area contributed by atoms with Gasteiger partial charge in [0.15, 0.2) is 0 Å². The van der Waals surface area contributed by atoms with Crippen LogP contribution in [0.2, 0.25) is 0 Å². The molecule has 3 aliphatic rings. The number of rotatable bonds is 2. The van der Waals surface area contributed by atoms with Crippen LogP contribution in [0.1, 0.15) is 58.6 Å². The normalized spacial score (nSPS) is 23.5. The molecule has 1 aromatic rings. The van der Waals surface area contributed by atoms with E-state index >= 15 is 0 Å². The van der Waals surface area contributed by atoms with Gasteiger partial charge in [0.25, 0.3) is 5.91 Å². The Labute approximate surface area is 133 Å². The van der Waals surface area contributed by atoms with Gasteiger partial charge >= 0.3 is 0 Å². The first-order valence-electron chi connectivity index (χ1n) is 7.80. The largest absolute Gasteiger partial charge is 0.322 e. The lowest BCUT2D eigenvalue weighted by Gasteiger charge is -2.29. The molecule has 1 N–H and O–H groups in total. The summed E-state index contributed by atoms with van der Waals surface area (Å²) in [5.41, 5.74) is 3.04. The first kappa shape index (κ1) is 13.9. The van der Waals surface area contributed by atoms with Gasteiger partial charge in [-0.2, -0.15) is 5.26 Å². The van der Waals surface area contributed by atoms with Gasteiger partial charge in [-0.1, -0.05) is 0 Å². The van der Waals surface area contributed by atoms with E-state index in [1.54, 1.807) is 11.0 Å². The Balaban J connectivity index is 1.70. The van der Waals surface area contributed by atoms with Gasteiger partial charge in [-0.05, 0) is 48.4 Å². The van der Waals surface area contributed by atoms with Gasteiger partial charge in [0.2, 0.25) is 11.8 Å². The summed E-state index contributed by atoms with van der Waals surface area (Å²) in [6.45, 7) is 0.387. The zero-order valence-corrected chi connectivity index (χ0v) is 12.5. The molecule has 6 nitrogen and oxygen atoms in total. The first-order valence-corrected chi connectivity index (χ1v) is 7.80. The number of benzene rings is 1. The van der Waals surface area contributed by atoms with Crippen LogP contribution in [-0.4, -0.2) is 28.7 Å². The van der Waals surface area contributed by atoms with Gasteiger partial charge in [-0.25, -0.2) is 0 Å². The molecule has 2 heterocycles. The number of amides is 3. The Morgan fingerprint density at radius 2 is 1.96 bits per heavy atom. The van der Waals surface area contributed by atoms with Crippen LogP contribution in [0.5, 0.6) is 0 Å². The topological polar surface area (TPSA) is 90.3 Å². The molecular formula is C17H15N3O3. The highest BCUT2D eigenvalue weighted by Crippen LogP contribution is 2.45. The van der Waals surface area contributed by atoms with Crippen molar-refractivity contribution in [2.75, 3.05) is 0 Å². The van der Waals surface area contributed by atoms with Crippen molar-refractivity contribution in [2.45, 2.75) is 44.2 Å². The van der Waals surface area contributed by atoms with E-state index in [2.05, 4.69) is 11.4 Å². The summed E-state index contributed by atoms with van der Waals surface area (Å²) in [6, 6.07) is 5.00. The van der Waals surface area contributed by atoms with Crippen LogP contribution in [0.3, 0.4) is 0 Å². The molecule has 1 aromatic carbocycles. The minimum atomic E-state index is -0.606. The summed E-state index contributed by atoms with van der Waals surface area (Å²) in [5, 5.41) is 11.5. The third kappa shape index (κ3) is 2.20. The smallest absolute Gasteiger partial charge is 0.255 e. The Morgan fingerprint density at radius 3 is 2.61 bits per heavy atom. The molecule has 23 heavy (non-hydrogen) atoms. The number of hydrogen-bond acceptors (Lipinski definition) is 4. The highest BCUT2D eigenvalue weighted by Gasteiger charge is 2.41. The summed E-state index contributed by atoms with van der Waals surface area (Å²) < 4.78 is 0. The molecule has 0 radical (unpaired) electrons. The molecule has 0 spiro atoms. The predicted octanol–water partition coefficient (Wildman–Crippen LogP) is 1.20. The van der Waals surface area contributed by atoms with Crippen molar-refractivity contribution in [1.82, 2.24) is 10.2 Å². The van der Waals surface area contributed by atoms with Gasteiger partial charge in [0, 0.05) is 18.5 Å². The lowest BCUT2D eigenvalue weighted by molar-refractivity contribution is -0.136. The minimum Gasteiger partial charge on any atom is -0.322 e. The van der Waals surface area contributed by atoms with Crippen molar-refractivity contribution >= 4 is 17.7 Å². The molecule has 2 fully saturated rings. The van der Waals surface area contributed by atoms with Gasteiger partial charge < -0.3 is 4.90 Å². The lowest BCUT2D eigenvalue weighted by atomic mass is 9.97. The van der Waals surface area contributed by atoms with E-state index in [4.69, 9.17) is 0 Å². The summed E-state index contributed by atoms with van der Waals surface area (Å²) in [4.78, 5) is 37.6. The molecule has 6 heteroatoms. The first-order chi connectivity index (χ1) is 11.1. The maximum absolute atomic E-state index is 12.7. The highest BCUT2D eigenvalue weighted by molar-refractivity contribution is 6.05. The van der Waals surface area contributed by atoms with Crippen LogP contribution < -0.4 is 5.32 Å². The van der Waals surface area contributed by atoms with Gasteiger partial charge in [0.1, 0.15) is 6.04 Å². The Morgan fingerprint density at radius 1 is 1.17 bits per heavy atom. The van der Waals surface area contributed by atoms with E-state index in [0.29, 0.717) is 30.0 Å². The number of nitrogens with one attached hydrogen (secondary N) is 1. The van der Waals surface area contributed by atoms with E-state index in [1.165, 1.54) is 0 Å². The maximum atomic E-state index is 12.7. The molecule has 4 rings (SSSR count). The fourth-order valence-electron chi connectivity index (χ4n) is 3.51. The third-order valence-electron chi connectivity index (χ3n) is 4.84. The Hall–Kier alpha value is -2.68. The predicted molar refractivity (Wildman–Crippen MR) is 79.2 cm³/mol. The molecule has 2 aliphatic heterocycles. The molecule has 1 saturated heterocycles. The van der Waals surface area contributed by atoms with E-state index in [-0.39, 0.29) is 18.2 Å². The molecule has 1 atom stereocenters. The third-order valence-corrected chi connectivity index (χ3v) is 4.84. The number of fused-ring (bicyclic) bond motifs is 1. The molecule has 0 bridgehead atoms. The summed E-state index contributed by atoms with van der Waals surface area (Å²) in [7, 11) is 0. The summed E-state index contributed by atoms with van der Waals surface area (Å²) in [5.74, 6) is -0.489. The van der Waals surface area contributed by atoms with Crippen molar-refractivity contribution in [3.05, 3.63) is 34.4 Å². The van der Waals surface area contributed by atoms with Crippen LogP contribution in [0.25, 0.3) is 0 Å². The molecule has 1 unspecified atom stereocenters. The van der Waals surface area contributed by atoms with E-state index < -0.39 is 11.9 Å². The molecule has 116 valence electrons. The fraction of sp³-hybridized carbons (Fsp3) is 0.412. The molecule has 3 amide bonds. The molecule has 1 saturated carbocycles. The van der Waals surface area contributed by atoms with Crippen molar-refractivity contribution < 1.29 is 14.4 Å². The lowest BCUT2D eigenvalue weighted by Crippen LogP contribution is -2.52. The second-order valence-electron chi connectivity index (χ2n) is 6.38. The van der Waals surface area contributed by atoms with Gasteiger partial charge in [-0.3, -0.25) is 19.7 Å². The standard InChI is InChI=1S/C17H15N3O3/c18-7-9-5-11(10-1-2-10)13-8-20(17(23)12(13)6-9)14-3-4-15(21)19-16(14)22/h5-6,10,14H,1-4,8H2,(H,19,21,22). The van der Waals surface area contributed by atoms with Crippen molar-refractivity contribution in [3.8, 4) is 6.07 Å². The quantitative estimate of drug-likeness (QED) is 0.831. The van der Waals surface area contributed by atoms with Crippen LogP contribution in [0.15, 0.2) is 12.1 Å². The van der Waals surface area contributed by atoms with Gasteiger partial charge in [0.05, 0.1) is 11.6 Å². The van der Waals surface area contributed by atoms with Crippen LogP contribution in [-0.2, 0) is 16.1 Å². The van der Waals surface area contributed by atoms with E-state index in [0.717, 1.165) is 24.0 Å². The number of carbonyl (C=O) groups is 3. The number of piperidine rings is 1. The van der Waals surface area contributed by atoms with Crippen molar-refractivity contribution in [1.29, 1.82) is 5.26 Å². The van der Waals surface area contributed by atoms with E-state index in [1.807, 2.05) is 6.07 Å². The molecular weight excluding hydrogens is 294 g/mol. The average Bonchev–Trinajstić information content (AvgIpc) is 3.32. The zero-order chi connectivity index (χ0) is 16.1. The van der Waals surface area contributed by atoms with Crippen molar-refractivity contribution in [2.24, 2.45) is 0 Å². The average molecular weight is 309 g/mol. The van der Waals surface area contributed by atoms with Crippen LogP contribution in [0, 0.1) is 11.3 Å². The fourth-order valence-corrected chi connectivity index (χ4v) is 3.51. The number of imide groups is 1. The summed E-state index contributed by atoms with van der Waals surface area (Å²) in [6.07, 6.45) is 2.76.